The fourth-order valence-corrected chi connectivity index (χ4v) is 4.04. The second kappa shape index (κ2) is 10.3. The van der Waals surface area contributed by atoms with E-state index in [1.54, 1.807) is 29.5 Å². The lowest BCUT2D eigenvalue weighted by Gasteiger charge is -2.33. The van der Waals surface area contributed by atoms with Crippen LogP contribution in [0.5, 0.6) is 0 Å². The van der Waals surface area contributed by atoms with Gasteiger partial charge in [0.2, 0.25) is 11.8 Å². The Morgan fingerprint density at radius 2 is 1.83 bits per heavy atom. The van der Waals surface area contributed by atoms with Gasteiger partial charge in [-0.15, -0.1) is 11.3 Å². The van der Waals surface area contributed by atoms with Crippen LogP contribution in [0.4, 0.5) is 4.39 Å². The van der Waals surface area contributed by atoms with Crippen LogP contribution in [0.3, 0.4) is 0 Å². The number of carbonyl (C=O) groups excluding carboxylic acids is 2. The molecule has 1 aromatic heterocycles. The number of hydrogen-bond acceptors (Lipinski definition) is 4. The van der Waals surface area contributed by atoms with Gasteiger partial charge in [-0.25, -0.2) is 4.39 Å². The second-order valence-electron chi connectivity index (χ2n) is 6.99. The van der Waals surface area contributed by atoms with E-state index in [0.717, 1.165) is 21.7 Å². The monoisotopic (exact) mass is 415 g/mol. The predicted molar refractivity (Wildman–Crippen MR) is 115 cm³/mol. The fraction of sp³-hybridized carbons (Fsp3) is 0.364. The number of rotatable bonds is 7. The molecule has 1 fully saturated rings. The molecule has 0 radical (unpaired) electrons. The van der Waals surface area contributed by atoms with Gasteiger partial charge in [-0.2, -0.15) is 0 Å². The number of halogens is 1. The van der Waals surface area contributed by atoms with Gasteiger partial charge in [0.1, 0.15) is 5.82 Å². The highest BCUT2D eigenvalue weighted by molar-refractivity contribution is 7.16. The molecule has 2 aromatic rings. The molecule has 2 heterocycles. The third kappa shape index (κ3) is 6.24. The van der Waals surface area contributed by atoms with Gasteiger partial charge in [0.15, 0.2) is 0 Å². The highest BCUT2D eigenvalue weighted by Crippen LogP contribution is 2.29. The van der Waals surface area contributed by atoms with Crippen molar-refractivity contribution >= 4 is 29.2 Å². The zero-order chi connectivity index (χ0) is 20.6. The minimum absolute atomic E-state index is 0.0168. The summed E-state index contributed by atoms with van der Waals surface area (Å²) in [4.78, 5) is 30.2. The minimum atomic E-state index is -0.252. The third-order valence-corrected chi connectivity index (χ3v) is 5.87. The molecular formula is C22H26FN3O2S. The van der Waals surface area contributed by atoms with Gasteiger partial charge in [0, 0.05) is 48.6 Å². The summed E-state index contributed by atoms with van der Waals surface area (Å²) in [5.74, 6) is -0.226. The number of amides is 2. The quantitative estimate of drug-likeness (QED) is 0.707. The highest BCUT2D eigenvalue weighted by Gasteiger charge is 2.21. The van der Waals surface area contributed by atoms with Crippen molar-refractivity contribution in [1.29, 1.82) is 0 Å². The Hall–Kier alpha value is -2.51. The van der Waals surface area contributed by atoms with E-state index in [4.69, 9.17) is 0 Å². The molecule has 29 heavy (non-hydrogen) atoms. The molecule has 3 rings (SSSR count). The summed E-state index contributed by atoms with van der Waals surface area (Å²) in [5, 5.41) is 2.88. The van der Waals surface area contributed by atoms with Crippen LogP contribution in [0.15, 0.2) is 42.5 Å². The van der Waals surface area contributed by atoms with Crippen LogP contribution in [0.2, 0.25) is 0 Å². The number of nitrogens with zero attached hydrogens (tertiary/aromatic N) is 2. The molecule has 1 aromatic carbocycles. The molecule has 0 spiro atoms. The molecule has 1 saturated heterocycles. The van der Waals surface area contributed by atoms with Crippen molar-refractivity contribution < 1.29 is 14.0 Å². The predicted octanol–water partition coefficient (Wildman–Crippen LogP) is 3.24. The average Bonchev–Trinajstić information content (AvgIpc) is 3.20. The summed E-state index contributed by atoms with van der Waals surface area (Å²) >= 11 is 1.56. The summed E-state index contributed by atoms with van der Waals surface area (Å²) in [6, 6.07) is 10.3. The lowest BCUT2D eigenvalue weighted by molar-refractivity contribution is -0.128. The first-order valence-electron chi connectivity index (χ1n) is 9.87. The molecule has 7 heteroatoms. The molecule has 0 saturated carbocycles. The Kier molecular flexibility index (Phi) is 7.55. The van der Waals surface area contributed by atoms with Crippen molar-refractivity contribution in [1.82, 2.24) is 15.1 Å². The van der Waals surface area contributed by atoms with Gasteiger partial charge in [0.25, 0.3) is 0 Å². The van der Waals surface area contributed by atoms with E-state index in [2.05, 4.69) is 10.2 Å². The van der Waals surface area contributed by atoms with E-state index in [-0.39, 0.29) is 17.6 Å². The maximum Gasteiger partial charge on any atom is 0.246 e. The highest BCUT2D eigenvalue weighted by atomic mass is 32.1. The minimum Gasteiger partial charge on any atom is -0.355 e. The third-order valence-electron chi connectivity index (χ3n) is 4.77. The average molecular weight is 416 g/mol. The normalized spacial score (nSPS) is 15.0. The topological polar surface area (TPSA) is 52.7 Å². The maximum atomic E-state index is 13.1. The Morgan fingerprint density at radius 3 is 2.52 bits per heavy atom. The van der Waals surface area contributed by atoms with E-state index < -0.39 is 0 Å². The summed E-state index contributed by atoms with van der Waals surface area (Å²) in [6.45, 7) is 5.76. The lowest BCUT2D eigenvalue weighted by Crippen LogP contribution is -2.50. The number of nitrogens with one attached hydrogen (secondary N) is 1. The number of piperazine rings is 1. The summed E-state index contributed by atoms with van der Waals surface area (Å²) < 4.78 is 13.1. The van der Waals surface area contributed by atoms with Gasteiger partial charge in [-0.1, -0.05) is 19.1 Å². The van der Waals surface area contributed by atoms with Crippen LogP contribution in [0.25, 0.3) is 16.5 Å². The molecule has 1 N–H and O–H groups in total. The van der Waals surface area contributed by atoms with Crippen molar-refractivity contribution in [3.8, 4) is 10.4 Å². The number of hydrogen-bond donors (Lipinski definition) is 1. The van der Waals surface area contributed by atoms with E-state index >= 15 is 0 Å². The lowest BCUT2D eigenvalue weighted by atomic mass is 10.2. The van der Waals surface area contributed by atoms with Crippen molar-refractivity contribution in [2.45, 2.75) is 13.3 Å². The fourth-order valence-electron chi connectivity index (χ4n) is 3.12. The molecule has 0 atom stereocenters. The van der Waals surface area contributed by atoms with Crippen molar-refractivity contribution in [3.05, 3.63) is 53.2 Å². The van der Waals surface area contributed by atoms with Crippen LogP contribution >= 0.6 is 11.3 Å². The molecule has 5 nitrogen and oxygen atoms in total. The largest absolute Gasteiger partial charge is 0.355 e. The Labute approximate surface area is 174 Å². The van der Waals surface area contributed by atoms with E-state index in [9.17, 15) is 14.0 Å². The molecule has 1 aliphatic rings. The van der Waals surface area contributed by atoms with Gasteiger partial charge < -0.3 is 10.2 Å². The number of carbonyl (C=O) groups is 2. The first-order valence-corrected chi connectivity index (χ1v) is 10.7. The summed E-state index contributed by atoms with van der Waals surface area (Å²) in [6.07, 6.45) is 4.35. The Balaban J connectivity index is 1.48. The summed E-state index contributed by atoms with van der Waals surface area (Å²) in [7, 11) is 0. The van der Waals surface area contributed by atoms with Gasteiger partial charge in [-0.3, -0.25) is 14.5 Å². The number of thiophene rings is 1. The second-order valence-corrected chi connectivity index (χ2v) is 8.11. The Morgan fingerprint density at radius 1 is 1.10 bits per heavy atom. The van der Waals surface area contributed by atoms with E-state index in [1.807, 2.05) is 30.0 Å². The SMILES string of the molecule is CCCNC(=O)CN1CCN(C(=O)/C=C/c2ccc(-c3ccc(F)cc3)s2)CC1. The number of benzene rings is 1. The Bertz CT molecular complexity index is 855. The van der Waals surface area contributed by atoms with E-state index in [1.165, 1.54) is 12.1 Å². The first kappa shape index (κ1) is 21.2. The van der Waals surface area contributed by atoms with Crippen LogP contribution in [-0.2, 0) is 9.59 Å². The smallest absolute Gasteiger partial charge is 0.246 e. The molecule has 2 amide bonds. The van der Waals surface area contributed by atoms with Crippen molar-refractivity contribution in [2.75, 3.05) is 39.3 Å². The molecule has 154 valence electrons. The molecule has 0 unspecified atom stereocenters. The van der Waals surface area contributed by atoms with Crippen LogP contribution in [0.1, 0.15) is 18.2 Å². The van der Waals surface area contributed by atoms with E-state index in [0.29, 0.717) is 39.3 Å². The zero-order valence-electron chi connectivity index (χ0n) is 16.6. The molecular weight excluding hydrogens is 389 g/mol. The van der Waals surface area contributed by atoms with Crippen LogP contribution in [-0.4, -0.2) is 60.9 Å². The van der Waals surface area contributed by atoms with Crippen LogP contribution in [0, 0.1) is 5.82 Å². The summed E-state index contributed by atoms with van der Waals surface area (Å²) in [5.41, 5.74) is 0.960. The van der Waals surface area contributed by atoms with Gasteiger partial charge in [0.05, 0.1) is 6.54 Å². The zero-order valence-corrected chi connectivity index (χ0v) is 17.4. The molecule has 0 aliphatic carbocycles. The van der Waals surface area contributed by atoms with Gasteiger partial charge in [-0.05, 0) is 42.3 Å². The maximum absolute atomic E-state index is 13.1. The first-order chi connectivity index (χ1) is 14.0. The van der Waals surface area contributed by atoms with Crippen molar-refractivity contribution in [2.24, 2.45) is 0 Å². The standard InChI is InChI=1S/C22H26FN3O2S/c1-2-11-24-21(27)16-25-12-14-26(15-13-25)22(28)10-8-19-7-9-20(29-19)17-3-5-18(23)6-4-17/h3-10H,2,11-16H2,1H3,(H,24,27)/b10-8+. The molecule has 0 bridgehead atoms. The van der Waals surface area contributed by atoms with Crippen molar-refractivity contribution in [3.63, 3.8) is 0 Å². The van der Waals surface area contributed by atoms with Gasteiger partial charge >= 0.3 is 0 Å². The van der Waals surface area contributed by atoms with Crippen LogP contribution < -0.4 is 5.32 Å². The molecule has 1 aliphatic heterocycles.